The Bertz CT molecular complexity index is 1610. The van der Waals surface area contributed by atoms with Crippen molar-refractivity contribution in [2.45, 2.75) is 25.3 Å². The van der Waals surface area contributed by atoms with E-state index in [-0.39, 0.29) is 39.7 Å². The number of carboxylic acid groups (broad SMARTS) is 1. The highest BCUT2D eigenvalue weighted by atomic mass is 32.2. The van der Waals surface area contributed by atoms with E-state index in [1.807, 2.05) is 0 Å². The third-order valence-electron chi connectivity index (χ3n) is 5.99. The number of anilines is 1. The van der Waals surface area contributed by atoms with Crippen molar-refractivity contribution in [2.24, 2.45) is 5.73 Å². The van der Waals surface area contributed by atoms with Gasteiger partial charge in [0.25, 0.3) is 5.91 Å². The van der Waals surface area contributed by atoms with Crippen LogP contribution in [0.25, 0.3) is 17.2 Å². The lowest BCUT2D eigenvalue weighted by atomic mass is 10.0. The summed E-state index contributed by atoms with van der Waals surface area (Å²) in [4.78, 5) is 51.0. The lowest BCUT2D eigenvalue weighted by Gasteiger charge is -2.26. The van der Waals surface area contributed by atoms with Crippen LogP contribution in [0.3, 0.4) is 0 Å². The number of halogens is 2. The summed E-state index contributed by atoms with van der Waals surface area (Å²) in [5.41, 5.74) is 6.20. The van der Waals surface area contributed by atoms with Gasteiger partial charge < -0.3 is 21.3 Å². The highest BCUT2D eigenvalue weighted by Gasteiger charge is 2.38. The Labute approximate surface area is 245 Å². The average Bonchev–Trinajstić information content (AvgIpc) is 3.47. The molecular formula is C27H21F2N3O6S3. The van der Waals surface area contributed by atoms with Crippen molar-refractivity contribution in [3.8, 4) is 16.9 Å². The maximum atomic E-state index is 13.7. The highest BCUT2D eigenvalue weighted by Crippen LogP contribution is 2.37. The summed E-state index contributed by atoms with van der Waals surface area (Å²) in [6, 6.07) is 7.96. The molecule has 1 atom stereocenters. The van der Waals surface area contributed by atoms with E-state index in [0.29, 0.717) is 16.0 Å². The molecule has 9 nitrogen and oxygen atoms in total. The maximum Gasteiger partial charge on any atom is 0.339 e. The van der Waals surface area contributed by atoms with Crippen LogP contribution in [-0.4, -0.2) is 49.2 Å². The van der Waals surface area contributed by atoms with E-state index in [4.69, 9.17) is 23.1 Å². The van der Waals surface area contributed by atoms with Gasteiger partial charge in [-0.3, -0.25) is 19.3 Å². The Morgan fingerprint density at radius 1 is 1.10 bits per heavy atom. The molecule has 0 unspecified atom stereocenters. The van der Waals surface area contributed by atoms with Gasteiger partial charge in [-0.2, -0.15) is 0 Å². The Hall–Kier alpha value is -4.14. The molecule has 5 N–H and O–H groups in total. The number of carboxylic acids is 1. The molecule has 2 heterocycles. The molecule has 41 heavy (non-hydrogen) atoms. The van der Waals surface area contributed by atoms with Gasteiger partial charge in [0.05, 0.1) is 4.91 Å². The molecule has 1 aliphatic rings. The van der Waals surface area contributed by atoms with E-state index >= 15 is 0 Å². The summed E-state index contributed by atoms with van der Waals surface area (Å²) in [5.74, 6) is -5.49. The summed E-state index contributed by atoms with van der Waals surface area (Å²) in [6.07, 6.45) is 1.26. The summed E-state index contributed by atoms with van der Waals surface area (Å²) in [6.45, 7) is 0. The number of thiocarbonyl (C=S) groups is 1. The van der Waals surface area contributed by atoms with Crippen molar-refractivity contribution in [3.05, 3.63) is 74.8 Å². The van der Waals surface area contributed by atoms with E-state index in [1.165, 1.54) is 28.4 Å². The molecule has 1 fully saturated rings. The molecule has 1 saturated heterocycles. The molecule has 0 radical (unpaired) electrons. The predicted octanol–water partition coefficient (Wildman–Crippen LogP) is 4.96. The van der Waals surface area contributed by atoms with Gasteiger partial charge in [0.1, 0.15) is 15.6 Å². The first-order chi connectivity index (χ1) is 19.4. The van der Waals surface area contributed by atoms with Crippen LogP contribution < -0.4 is 11.1 Å². The van der Waals surface area contributed by atoms with Crippen molar-refractivity contribution in [1.29, 1.82) is 0 Å². The van der Waals surface area contributed by atoms with Gasteiger partial charge in [-0.05, 0) is 59.3 Å². The second-order valence-electron chi connectivity index (χ2n) is 8.87. The Balaban J connectivity index is 1.51. The number of carbonyl (C=O) groups is 4. The van der Waals surface area contributed by atoms with Crippen LogP contribution in [-0.2, 0) is 14.4 Å². The van der Waals surface area contributed by atoms with E-state index in [9.17, 15) is 33.1 Å². The fourth-order valence-corrected chi connectivity index (χ4v) is 6.34. The standard InChI is InChI=1S/C27H21F2N3O6S3/c28-19-5-1-13(8-20(19)29)14-7-17(40-12-14)11-22-25(36)32(27(39)41-22)16(3-6-23(30)34)10-24(35)31-15-2-4-18(26(37)38)21(33)9-15/h1-2,4-5,7-9,11-12,16,33H,3,6,10H2,(H2,30,34)(H,31,35)(H,37,38)/b22-11-/t16-/m0/s1. The molecule has 2 aromatic carbocycles. The normalized spacial score (nSPS) is 14.9. The third kappa shape index (κ3) is 7.14. The summed E-state index contributed by atoms with van der Waals surface area (Å²) in [7, 11) is 0. The van der Waals surface area contributed by atoms with Crippen LogP contribution in [0.5, 0.6) is 5.75 Å². The molecule has 3 aromatic rings. The Morgan fingerprint density at radius 2 is 1.85 bits per heavy atom. The number of aromatic hydroxyl groups is 1. The van der Waals surface area contributed by atoms with Gasteiger partial charge in [-0.15, -0.1) is 11.3 Å². The zero-order valence-electron chi connectivity index (χ0n) is 20.9. The number of primary amides is 1. The van der Waals surface area contributed by atoms with Gasteiger partial charge in [0.2, 0.25) is 11.8 Å². The minimum atomic E-state index is -1.34. The lowest BCUT2D eigenvalue weighted by Crippen LogP contribution is -2.41. The molecule has 0 aliphatic carbocycles. The zero-order valence-corrected chi connectivity index (χ0v) is 23.4. The number of aromatic carboxylic acids is 1. The molecule has 0 bridgehead atoms. The zero-order chi connectivity index (χ0) is 29.8. The lowest BCUT2D eigenvalue weighted by molar-refractivity contribution is -0.126. The molecule has 3 amide bonds. The summed E-state index contributed by atoms with van der Waals surface area (Å²) < 4.78 is 27.1. The second kappa shape index (κ2) is 12.6. The minimum absolute atomic E-state index is 0.0466. The first-order valence-corrected chi connectivity index (χ1v) is 14.0. The monoisotopic (exact) mass is 617 g/mol. The second-order valence-corrected chi connectivity index (χ2v) is 11.5. The van der Waals surface area contributed by atoms with E-state index < -0.39 is 47.1 Å². The van der Waals surface area contributed by atoms with Crippen molar-refractivity contribution in [3.63, 3.8) is 0 Å². The molecular weight excluding hydrogens is 597 g/mol. The van der Waals surface area contributed by atoms with Crippen molar-refractivity contribution >= 4 is 75.1 Å². The number of nitrogens with one attached hydrogen (secondary N) is 1. The van der Waals surface area contributed by atoms with Gasteiger partial charge in [-0.25, -0.2) is 13.6 Å². The van der Waals surface area contributed by atoms with Crippen LogP contribution in [0, 0.1) is 11.6 Å². The fourth-order valence-electron chi connectivity index (χ4n) is 4.03. The number of nitrogens with zero attached hydrogens (tertiary/aromatic N) is 1. The number of thiophene rings is 1. The molecule has 212 valence electrons. The van der Waals surface area contributed by atoms with Crippen molar-refractivity contribution < 1.29 is 38.2 Å². The van der Waals surface area contributed by atoms with Gasteiger partial charge >= 0.3 is 5.97 Å². The number of thioether (sulfide) groups is 1. The van der Waals surface area contributed by atoms with Crippen LogP contribution in [0.2, 0.25) is 0 Å². The Kier molecular flexibility index (Phi) is 9.15. The fraction of sp³-hybridized carbons (Fsp3) is 0.148. The molecule has 14 heteroatoms. The number of phenols is 1. The number of benzene rings is 2. The van der Waals surface area contributed by atoms with Crippen LogP contribution in [0.1, 0.15) is 34.5 Å². The van der Waals surface area contributed by atoms with E-state index in [2.05, 4.69) is 5.32 Å². The topological polar surface area (TPSA) is 150 Å². The van der Waals surface area contributed by atoms with Gasteiger partial charge in [0.15, 0.2) is 11.6 Å². The van der Waals surface area contributed by atoms with Gasteiger partial charge in [0, 0.05) is 35.5 Å². The molecule has 1 aromatic heterocycles. The van der Waals surface area contributed by atoms with Crippen LogP contribution in [0.4, 0.5) is 14.5 Å². The number of hydrogen-bond acceptors (Lipinski definition) is 8. The molecule has 1 aliphatic heterocycles. The largest absolute Gasteiger partial charge is 0.507 e. The average molecular weight is 618 g/mol. The number of hydrogen-bond donors (Lipinski definition) is 4. The quantitative estimate of drug-likeness (QED) is 0.184. The van der Waals surface area contributed by atoms with E-state index in [1.54, 1.807) is 17.5 Å². The predicted molar refractivity (Wildman–Crippen MR) is 155 cm³/mol. The first-order valence-electron chi connectivity index (χ1n) is 11.9. The summed E-state index contributed by atoms with van der Waals surface area (Å²) >= 11 is 7.73. The third-order valence-corrected chi connectivity index (χ3v) is 8.20. The number of carbonyl (C=O) groups excluding carboxylic acids is 3. The number of nitrogens with two attached hydrogens (primary N) is 1. The first kappa shape index (κ1) is 29.8. The highest BCUT2D eigenvalue weighted by molar-refractivity contribution is 8.26. The molecule has 0 spiro atoms. The SMILES string of the molecule is NC(=O)CC[C@@H](CC(=O)Nc1ccc(C(=O)O)c(O)c1)N1C(=O)/C(=C/c2cc(-c3ccc(F)c(F)c3)cs2)SC1=S. The Morgan fingerprint density at radius 3 is 2.51 bits per heavy atom. The molecule has 0 saturated carbocycles. The van der Waals surface area contributed by atoms with E-state index in [0.717, 1.165) is 36.0 Å². The van der Waals surface area contributed by atoms with Crippen LogP contribution >= 0.6 is 35.3 Å². The van der Waals surface area contributed by atoms with Crippen molar-refractivity contribution in [2.75, 3.05) is 5.32 Å². The van der Waals surface area contributed by atoms with Crippen molar-refractivity contribution in [1.82, 2.24) is 4.90 Å². The van der Waals surface area contributed by atoms with Gasteiger partial charge in [-0.1, -0.05) is 30.0 Å². The molecule has 4 rings (SSSR count). The van der Waals surface area contributed by atoms with Crippen LogP contribution in [0.15, 0.2) is 52.7 Å². The number of amides is 3. The minimum Gasteiger partial charge on any atom is -0.507 e. The smallest absolute Gasteiger partial charge is 0.339 e. The number of rotatable bonds is 10. The summed E-state index contributed by atoms with van der Waals surface area (Å²) in [5, 5.41) is 23.2. The maximum absolute atomic E-state index is 13.7.